The lowest BCUT2D eigenvalue weighted by Gasteiger charge is -2.11. The third kappa shape index (κ3) is 1.75. The highest BCUT2D eigenvalue weighted by Gasteiger charge is 2.30. The molecule has 0 radical (unpaired) electrons. The smallest absolute Gasteiger partial charge is 0.240 e. The number of carbonyl (C=O) groups is 1. The van der Waals surface area contributed by atoms with E-state index in [0.29, 0.717) is 0 Å². The predicted octanol–water partition coefficient (Wildman–Crippen LogP) is -0.903. The average Bonchev–Trinajstić information content (AvgIpc) is 2.36. The molecule has 5 nitrogen and oxygen atoms in total. The normalized spacial score (nSPS) is 25.0. The van der Waals surface area contributed by atoms with Crippen LogP contribution in [0.5, 0.6) is 0 Å². The molecule has 1 aliphatic heterocycles. The van der Waals surface area contributed by atoms with Crippen LogP contribution in [0.3, 0.4) is 0 Å². The molecule has 1 heterocycles. The molecular weight excluding hydrogens is 164 g/mol. The van der Waals surface area contributed by atoms with Crippen LogP contribution < -0.4 is 0 Å². The Labute approximate surface area is 68.9 Å². The molecule has 1 rings (SSSR count). The van der Waals surface area contributed by atoms with E-state index in [0.717, 1.165) is 6.26 Å². The molecule has 2 unspecified atom stereocenters. The van der Waals surface area contributed by atoms with Crippen molar-refractivity contribution in [3.8, 4) is 0 Å². The Bertz CT molecular complexity index is 210. The second kappa shape index (κ2) is 3.55. The first-order chi connectivity index (χ1) is 5.65. The maximum Gasteiger partial charge on any atom is 0.240 e. The van der Waals surface area contributed by atoms with Crippen LogP contribution in [0.4, 0.5) is 0 Å². The summed E-state index contributed by atoms with van der Waals surface area (Å²) in [4.78, 5) is 10.9. The van der Waals surface area contributed by atoms with Crippen LogP contribution in [0.2, 0.25) is 0 Å². The van der Waals surface area contributed by atoms with Crippen molar-refractivity contribution in [2.45, 2.75) is 18.6 Å². The van der Waals surface area contributed by atoms with Crippen molar-refractivity contribution in [3.63, 3.8) is 0 Å². The van der Waals surface area contributed by atoms with Crippen molar-refractivity contribution in [3.05, 3.63) is 12.0 Å². The van der Waals surface area contributed by atoms with Crippen molar-refractivity contribution in [2.75, 3.05) is 6.61 Å². The highest BCUT2D eigenvalue weighted by molar-refractivity contribution is 5.98. The molecule has 12 heavy (non-hydrogen) atoms. The minimum absolute atomic E-state index is 0.00407. The lowest BCUT2D eigenvalue weighted by atomic mass is 10.1. The molecule has 2 atom stereocenters. The van der Waals surface area contributed by atoms with Crippen molar-refractivity contribution < 1.29 is 24.9 Å². The largest absolute Gasteiger partial charge is 0.502 e. The van der Waals surface area contributed by atoms with Crippen LogP contribution in [-0.2, 0) is 9.53 Å². The van der Waals surface area contributed by atoms with Crippen LogP contribution >= 0.6 is 0 Å². The standard InChI is InChI=1S/C7H10O5/c8-2-4(9)1-6-7(11)5(10)3-12-6/h3-4,6,8-10H,1-2H2. The van der Waals surface area contributed by atoms with Crippen molar-refractivity contribution in [2.24, 2.45) is 0 Å². The van der Waals surface area contributed by atoms with Crippen LogP contribution in [0, 0.1) is 0 Å². The fourth-order valence-corrected chi connectivity index (χ4v) is 0.916. The van der Waals surface area contributed by atoms with Gasteiger partial charge in [-0.05, 0) is 0 Å². The first kappa shape index (κ1) is 9.02. The monoisotopic (exact) mass is 174 g/mol. The molecule has 5 heteroatoms. The van der Waals surface area contributed by atoms with Gasteiger partial charge in [-0.3, -0.25) is 4.79 Å². The molecule has 0 saturated heterocycles. The van der Waals surface area contributed by atoms with Gasteiger partial charge in [0.25, 0.3) is 0 Å². The fourth-order valence-electron chi connectivity index (χ4n) is 0.916. The number of Topliss-reactive ketones (excluding diaryl/α,β-unsaturated/α-hetero) is 1. The maximum absolute atomic E-state index is 10.9. The summed E-state index contributed by atoms with van der Waals surface area (Å²) in [6.07, 6.45) is -0.905. The van der Waals surface area contributed by atoms with Gasteiger partial charge in [-0.25, -0.2) is 0 Å². The van der Waals surface area contributed by atoms with E-state index in [1.54, 1.807) is 0 Å². The van der Waals surface area contributed by atoms with E-state index in [-0.39, 0.29) is 6.42 Å². The number of ether oxygens (including phenoxy) is 1. The Hall–Kier alpha value is -1.07. The summed E-state index contributed by atoms with van der Waals surface area (Å²) in [6.45, 7) is -0.423. The molecule has 0 aliphatic carbocycles. The summed E-state index contributed by atoms with van der Waals surface area (Å²) in [7, 11) is 0. The minimum Gasteiger partial charge on any atom is -0.502 e. The highest BCUT2D eigenvalue weighted by atomic mass is 16.5. The number of aliphatic hydroxyl groups excluding tert-OH is 3. The van der Waals surface area contributed by atoms with Gasteiger partial charge in [-0.15, -0.1) is 0 Å². The van der Waals surface area contributed by atoms with Crippen LogP contribution in [0.25, 0.3) is 0 Å². The van der Waals surface area contributed by atoms with E-state index >= 15 is 0 Å². The van der Waals surface area contributed by atoms with E-state index in [1.807, 2.05) is 0 Å². The molecule has 1 aliphatic rings. The second-order valence-corrected chi connectivity index (χ2v) is 2.56. The van der Waals surface area contributed by atoms with Crippen LogP contribution in [0.15, 0.2) is 12.0 Å². The van der Waals surface area contributed by atoms with Crippen molar-refractivity contribution in [1.82, 2.24) is 0 Å². The van der Waals surface area contributed by atoms with E-state index < -0.39 is 30.4 Å². The Morgan fingerprint density at radius 1 is 1.67 bits per heavy atom. The predicted molar refractivity (Wildman–Crippen MR) is 38.3 cm³/mol. The first-order valence-corrected chi connectivity index (χ1v) is 3.53. The zero-order chi connectivity index (χ0) is 9.14. The van der Waals surface area contributed by atoms with Gasteiger partial charge in [-0.1, -0.05) is 0 Å². The maximum atomic E-state index is 10.9. The Balaban J connectivity index is 2.43. The van der Waals surface area contributed by atoms with Gasteiger partial charge < -0.3 is 20.1 Å². The van der Waals surface area contributed by atoms with Crippen molar-refractivity contribution >= 4 is 5.78 Å². The van der Waals surface area contributed by atoms with Gasteiger partial charge in [0.15, 0.2) is 11.9 Å². The summed E-state index contributed by atoms with van der Waals surface area (Å²) in [5.41, 5.74) is 0. The van der Waals surface area contributed by atoms with Gasteiger partial charge in [0.1, 0.15) is 6.26 Å². The quantitative estimate of drug-likeness (QED) is 0.516. The molecule has 0 saturated carbocycles. The van der Waals surface area contributed by atoms with Gasteiger partial charge in [-0.2, -0.15) is 0 Å². The molecule has 0 bridgehead atoms. The first-order valence-electron chi connectivity index (χ1n) is 3.53. The topological polar surface area (TPSA) is 87.0 Å². The van der Waals surface area contributed by atoms with E-state index in [1.165, 1.54) is 0 Å². The molecule has 0 aromatic carbocycles. The Kier molecular flexibility index (Phi) is 2.67. The fraction of sp³-hybridized carbons (Fsp3) is 0.571. The molecule has 0 amide bonds. The zero-order valence-electron chi connectivity index (χ0n) is 6.30. The van der Waals surface area contributed by atoms with Crippen molar-refractivity contribution in [1.29, 1.82) is 0 Å². The highest BCUT2D eigenvalue weighted by Crippen LogP contribution is 2.15. The lowest BCUT2D eigenvalue weighted by Crippen LogP contribution is -2.26. The molecule has 3 N–H and O–H groups in total. The average molecular weight is 174 g/mol. The van der Waals surface area contributed by atoms with E-state index in [2.05, 4.69) is 0 Å². The third-order valence-corrected chi connectivity index (χ3v) is 1.59. The van der Waals surface area contributed by atoms with Gasteiger partial charge in [0.2, 0.25) is 5.78 Å². The summed E-state index contributed by atoms with van der Waals surface area (Å²) >= 11 is 0. The lowest BCUT2D eigenvalue weighted by molar-refractivity contribution is -0.124. The molecule has 0 aromatic heterocycles. The molecule has 0 spiro atoms. The number of hydrogen-bond donors (Lipinski definition) is 3. The minimum atomic E-state index is -0.988. The summed E-state index contributed by atoms with van der Waals surface area (Å²) < 4.78 is 4.72. The number of rotatable bonds is 3. The van der Waals surface area contributed by atoms with Gasteiger partial charge in [0.05, 0.1) is 12.7 Å². The van der Waals surface area contributed by atoms with Crippen LogP contribution in [-0.4, -0.2) is 39.9 Å². The summed E-state index contributed by atoms with van der Waals surface area (Å²) in [5, 5.41) is 26.2. The molecule has 68 valence electrons. The molecule has 0 fully saturated rings. The number of aliphatic hydroxyl groups is 3. The number of ketones is 1. The number of hydrogen-bond acceptors (Lipinski definition) is 5. The Morgan fingerprint density at radius 2 is 2.33 bits per heavy atom. The summed E-state index contributed by atoms with van der Waals surface area (Å²) in [6, 6.07) is 0. The van der Waals surface area contributed by atoms with Gasteiger partial charge in [0, 0.05) is 6.42 Å². The van der Waals surface area contributed by atoms with E-state index in [9.17, 15) is 4.79 Å². The molecular formula is C7H10O5. The third-order valence-electron chi connectivity index (χ3n) is 1.59. The number of carbonyl (C=O) groups excluding carboxylic acids is 1. The van der Waals surface area contributed by atoms with Gasteiger partial charge >= 0.3 is 0 Å². The Morgan fingerprint density at radius 3 is 2.75 bits per heavy atom. The summed E-state index contributed by atoms with van der Waals surface area (Å²) in [5.74, 6) is -0.993. The molecule has 0 aromatic rings. The van der Waals surface area contributed by atoms with E-state index in [4.69, 9.17) is 20.1 Å². The zero-order valence-corrected chi connectivity index (χ0v) is 6.30. The van der Waals surface area contributed by atoms with Crippen LogP contribution in [0.1, 0.15) is 6.42 Å². The SMILES string of the molecule is O=C1C(O)=COC1CC(O)CO. The second-order valence-electron chi connectivity index (χ2n) is 2.56.